The molecule has 0 aliphatic carbocycles. The van der Waals surface area contributed by atoms with Crippen LogP contribution in [0.3, 0.4) is 0 Å². The van der Waals surface area contributed by atoms with E-state index in [0.717, 1.165) is 0 Å². The summed E-state index contributed by atoms with van der Waals surface area (Å²) in [5.41, 5.74) is 0. The largest absolute Gasteiger partial charge is 0.770 e. The molecule has 0 aromatic heterocycles. The monoisotopic (exact) mass is 56.1 g/mol. The Kier molecular flexibility index (Phi) is 1.28. The van der Waals surface area contributed by atoms with E-state index in [-0.39, 0.29) is 0 Å². The molecule has 1 nitrogen and oxygen atoms in total. The first-order valence-corrected chi connectivity index (χ1v) is 0.949. The van der Waals surface area contributed by atoms with E-state index in [9.17, 15) is 0 Å². The predicted molar refractivity (Wildman–Crippen MR) is 17.9 cm³/mol. The molecule has 0 bridgehead atoms. The molecular weight excluding hydrogens is 50.0 g/mol. The lowest BCUT2D eigenvalue weighted by Gasteiger charge is -2.30. The van der Waals surface area contributed by atoms with Crippen molar-refractivity contribution in [1.29, 1.82) is 0 Å². The van der Waals surface area contributed by atoms with Crippen molar-refractivity contribution in [3.63, 3.8) is 0 Å². The second kappa shape index (κ2) is 1.30. The van der Waals surface area contributed by atoms with Crippen LogP contribution in [0.15, 0.2) is 0 Å². The first kappa shape index (κ1) is 3.96. The van der Waals surface area contributed by atoms with Crippen molar-refractivity contribution >= 4 is 0 Å². The van der Waals surface area contributed by atoms with Gasteiger partial charge in [0.1, 0.15) is 0 Å². The third kappa shape index (κ3) is 1130. The highest BCUT2D eigenvalue weighted by molar-refractivity contribution is 4.41. The Morgan fingerprint density at radius 1 is 1.00 bits per heavy atom. The number of nitrogens with zero attached hydrogens (tertiary/aromatic N) is 1. The summed E-state index contributed by atoms with van der Waals surface area (Å²) in [4.78, 5) is 1.25. The van der Waals surface area contributed by atoms with Gasteiger partial charge in [-0.2, -0.15) is 0 Å². The fourth-order valence-corrected chi connectivity index (χ4v) is 0. The zero-order chi connectivity index (χ0) is 3.58. The second-order valence-corrected chi connectivity index (χ2v) is 0.671. The molecule has 0 saturated heterocycles. The van der Waals surface area contributed by atoms with Gasteiger partial charge in [0.2, 0.25) is 0 Å². The molecule has 4 heavy (non-hydrogen) atoms. The van der Waals surface area contributed by atoms with Crippen LogP contribution in [-0.2, 0) is 0 Å². The van der Waals surface area contributed by atoms with Crippen LogP contribution in [0, 0.1) is 21.1 Å². The van der Waals surface area contributed by atoms with Gasteiger partial charge in [-0.1, -0.05) is 0 Å². The molecule has 0 saturated carbocycles. The van der Waals surface area contributed by atoms with Crippen molar-refractivity contribution < 1.29 is 0 Å². The molecule has 0 aromatic carbocycles. The van der Waals surface area contributed by atoms with Crippen molar-refractivity contribution in [3.8, 4) is 0 Å². The SMILES string of the molecule is [CH2-]N([CH2-])[CH2-]. The summed E-state index contributed by atoms with van der Waals surface area (Å²) < 4.78 is 0. The van der Waals surface area contributed by atoms with Gasteiger partial charge >= 0.3 is 0 Å². The molecule has 0 aliphatic rings. The van der Waals surface area contributed by atoms with Crippen molar-refractivity contribution in [1.82, 2.24) is 4.90 Å². The van der Waals surface area contributed by atoms with E-state index in [2.05, 4.69) is 21.1 Å². The number of hydrogen-bond acceptors (Lipinski definition) is 1. The summed E-state index contributed by atoms with van der Waals surface area (Å²) in [5, 5.41) is 0. The molecule has 0 spiro atoms. The minimum atomic E-state index is 1.25. The fourth-order valence-electron chi connectivity index (χ4n) is 0. The number of hydrogen-bond donors (Lipinski definition) is 0. The van der Waals surface area contributed by atoms with Crippen molar-refractivity contribution in [2.45, 2.75) is 0 Å². The summed E-state index contributed by atoms with van der Waals surface area (Å²) in [5.74, 6) is 0. The third-order valence-electron chi connectivity index (χ3n) is 0. The fraction of sp³-hybridized carbons (Fsp3) is 0. The second-order valence-electron chi connectivity index (χ2n) is 0.671. The van der Waals surface area contributed by atoms with E-state index in [1.165, 1.54) is 4.90 Å². The van der Waals surface area contributed by atoms with Crippen LogP contribution in [0.5, 0.6) is 0 Å². The zero-order valence-corrected chi connectivity index (χ0v) is 2.57. The smallest absolute Gasteiger partial charge is 0.343 e. The Morgan fingerprint density at radius 2 is 1.00 bits per heavy atom. The molecule has 0 N–H and O–H groups in total. The Labute approximate surface area is 27.2 Å². The van der Waals surface area contributed by atoms with Crippen LogP contribution in [-0.4, -0.2) is 4.90 Å². The van der Waals surface area contributed by atoms with E-state index in [1.807, 2.05) is 0 Å². The van der Waals surface area contributed by atoms with Crippen LogP contribution in [0.2, 0.25) is 0 Å². The Bertz CT molecular complexity index is 8.00. The highest BCUT2D eigenvalue weighted by Crippen LogP contribution is 1.63. The summed E-state index contributed by atoms with van der Waals surface area (Å²) in [6.07, 6.45) is 0. The maximum atomic E-state index is 3.25. The molecule has 0 fully saturated rings. The van der Waals surface area contributed by atoms with Gasteiger partial charge in [-0.05, 0) is 0 Å². The molecule has 0 unspecified atom stereocenters. The summed E-state index contributed by atoms with van der Waals surface area (Å²) >= 11 is 0. The molecule has 0 atom stereocenters. The average molecular weight is 56.1 g/mol. The average Bonchev–Trinajstić information content (AvgIpc) is 0.811. The summed E-state index contributed by atoms with van der Waals surface area (Å²) in [7, 11) is 9.75. The van der Waals surface area contributed by atoms with Gasteiger partial charge in [-0.25, -0.2) is 0 Å². The highest BCUT2D eigenvalue weighted by atomic mass is 15.0. The summed E-state index contributed by atoms with van der Waals surface area (Å²) in [6, 6.07) is 0. The zero-order valence-electron chi connectivity index (χ0n) is 2.57. The van der Waals surface area contributed by atoms with Gasteiger partial charge < -0.3 is 26.0 Å². The van der Waals surface area contributed by atoms with Crippen molar-refractivity contribution in [3.05, 3.63) is 21.1 Å². The van der Waals surface area contributed by atoms with Gasteiger partial charge in [0, 0.05) is 0 Å². The van der Waals surface area contributed by atoms with Gasteiger partial charge in [0.05, 0.1) is 0 Å². The normalized spacial score (nSPS) is 9.00. The molecule has 1 heteroatoms. The highest BCUT2D eigenvalue weighted by Gasteiger charge is 1.19. The minimum Gasteiger partial charge on any atom is -0.770 e. The molecule has 0 rings (SSSR count). The van der Waals surface area contributed by atoms with Gasteiger partial charge in [0.15, 0.2) is 0 Å². The third-order valence-corrected chi connectivity index (χ3v) is 0. The first-order valence-electron chi connectivity index (χ1n) is 0.949. The quantitative estimate of drug-likeness (QED) is 0.368. The van der Waals surface area contributed by atoms with E-state index in [4.69, 9.17) is 0 Å². The maximum absolute atomic E-state index is 3.25. The van der Waals surface area contributed by atoms with E-state index < -0.39 is 0 Å². The summed E-state index contributed by atoms with van der Waals surface area (Å²) in [6.45, 7) is 0. The standard InChI is InChI=1S/C3H6N/c1-4(2)3/h1-3H2/q-3. The van der Waals surface area contributed by atoms with Gasteiger partial charge in [-0.3, -0.25) is 0 Å². The Morgan fingerprint density at radius 3 is 1.00 bits per heavy atom. The van der Waals surface area contributed by atoms with Crippen LogP contribution in [0.1, 0.15) is 0 Å². The van der Waals surface area contributed by atoms with E-state index >= 15 is 0 Å². The molecule has 26 valence electrons. The minimum absolute atomic E-state index is 1.25. The first-order chi connectivity index (χ1) is 1.73. The van der Waals surface area contributed by atoms with Crippen LogP contribution in [0.4, 0.5) is 0 Å². The maximum Gasteiger partial charge on any atom is -0.343 e. The lowest BCUT2D eigenvalue weighted by atomic mass is 11.0. The Balaban J connectivity index is 2.32. The van der Waals surface area contributed by atoms with Crippen molar-refractivity contribution in [2.24, 2.45) is 0 Å². The lowest BCUT2D eigenvalue weighted by Crippen LogP contribution is -1.86. The molecular formula is C3H6N-3. The molecule has 0 heterocycles. The molecule has 0 aliphatic heterocycles. The molecule has 0 radical (unpaired) electrons. The van der Waals surface area contributed by atoms with Gasteiger partial charge in [0.25, 0.3) is 0 Å². The topological polar surface area (TPSA) is 3.24 Å². The van der Waals surface area contributed by atoms with Crippen LogP contribution < -0.4 is 0 Å². The van der Waals surface area contributed by atoms with Crippen LogP contribution in [0.25, 0.3) is 0 Å². The van der Waals surface area contributed by atoms with Crippen molar-refractivity contribution in [2.75, 3.05) is 0 Å². The molecule has 0 amide bonds. The lowest BCUT2D eigenvalue weighted by molar-refractivity contribution is 0.673. The van der Waals surface area contributed by atoms with E-state index in [0.29, 0.717) is 0 Å². The predicted octanol–water partition coefficient (Wildman–Crippen LogP) is 0.663. The van der Waals surface area contributed by atoms with Crippen LogP contribution >= 0.6 is 0 Å². The van der Waals surface area contributed by atoms with E-state index in [1.54, 1.807) is 0 Å². The number of rotatable bonds is 0. The Hall–Kier alpha value is -0.0400. The van der Waals surface area contributed by atoms with Gasteiger partial charge in [-0.15, -0.1) is 0 Å². The molecule has 0 aromatic rings.